The van der Waals surface area contributed by atoms with E-state index in [0.717, 1.165) is 23.8 Å². The van der Waals surface area contributed by atoms with Crippen molar-refractivity contribution in [2.45, 2.75) is 85.1 Å². The largest absolute Gasteiger partial charge is 0.314 e. The average molecular weight is 253 g/mol. The smallest absolute Gasteiger partial charge is 0.00670 e. The second-order valence-electron chi connectivity index (χ2n) is 6.56. The van der Waals surface area contributed by atoms with E-state index in [0.29, 0.717) is 0 Å². The van der Waals surface area contributed by atoms with Crippen molar-refractivity contribution >= 4 is 0 Å². The Hall–Kier alpha value is -0.0400. The molecule has 2 unspecified atom stereocenters. The van der Waals surface area contributed by atoms with E-state index < -0.39 is 0 Å². The van der Waals surface area contributed by atoms with Crippen molar-refractivity contribution < 1.29 is 0 Å². The average Bonchev–Trinajstić information content (AvgIpc) is 2.43. The third kappa shape index (κ3) is 5.73. The van der Waals surface area contributed by atoms with Gasteiger partial charge in [0.25, 0.3) is 0 Å². The molecule has 2 atom stereocenters. The monoisotopic (exact) mass is 253 g/mol. The summed E-state index contributed by atoms with van der Waals surface area (Å²) >= 11 is 0. The predicted molar refractivity (Wildman–Crippen MR) is 81.9 cm³/mol. The fourth-order valence-corrected chi connectivity index (χ4v) is 3.22. The molecule has 1 heteroatoms. The number of hydrogen-bond acceptors (Lipinski definition) is 1. The summed E-state index contributed by atoms with van der Waals surface area (Å²) in [5, 5.41) is 3.84. The highest BCUT2D eigenvalue weighted by Crippen LogP contribution is 2.30. The second kappa shape index (κ2) is 8.96. The van der Waals surface area contributed by atoms with Gasteiger partial charge in [0.05, 0.1) is 0 Å². The number of hydrogen-bond donors (Lipinski definition) is 1. The zero-order chi connectivity index (χ0) is 13.4. The van der Waals surface area contributed by atoms with Gasteiger partial charge in [-0.2, -0.15) is 0 Å². The van der Waals surface area contributed by atoms with Crippen molar-refractivity contribution in [3.8, 4) is 0 Å². The molecule has 1 nitrogen and oxygen atoms in total. The lowest BCUT2D eigenvalue weighted by molar-refractivity contribution is 0.250. The molecule has 1 fully saturated rings. The number of nitrogens with one attached hydrogen (secondary N) is 1. The van der Waals surface area contributed by atoms with Gasteiger partial charge in [0, 0.05) is 6.04 Å². The minimum absolute atomic E-state index is 0.754. The van der Waals surface area contributed by atoms with Gasteiger partial charge in [-0.1, -0.05) is 53.4 Å². The van der Waals surface area contributed by atoms with E-state index in [9.17, 15) is 0 Å². The van der Waals surface area contributed by atoms with Crippen LogP contribution in [-0.4, -0.2) is 12.6 Å². The fourth-order valence-electron chi connectivity index (χ4n) is 3.22. The molecule has 108 valence electrons. The van der Waals surface area contributed by atoms with Crippen molar-refractivity contribution in [3.63, 3.8) is 0 Å². The van der Waals surface area contributed by atoms with Crippen LogP contribution in [0, 0.1) is 17.8 Å². The lowest BCUT2D eigenvalue weighted by Gasteiger charge is -2.30. The SMILES string of the molecule is CCC(C)CC(CC)NCC1CCC(CC)CC1. The molecular formula is C17H35N. The minimum Gasteiger partial charge on any atom is -0.314 e. The van der Waals surface area contributed by atoms with Crippen LogP contribution < -0.4 is 5.32 Å². The summed E-state index contributed by atoms with van der Waals surface area (Å²) in [5.41, 5.74) is 0. The topological polar surface area (TPSA) is 12.0 Å². The molecule has 1 N–H and O–H groups in total. The van der Waals surface area contributed by atoms with E-state index in [1.807, 2.05) is 0 Å². The molecule has 1 rings (SSSR count). The first-order chi connectivity index (χ1) is 8.69. The molecule has 0 aliphatic heterocycles. The van der Waals surface area contributed by atoms with Crippen LogP contribution in [0.5, 0.6) is 0 Å². The Balaban J connectivity index is 2.18. The molecule has 0 aromatic carbocycles. The van der Waals surface area contributed by atoms with Gasteiger partial charge in [-0.15, -0.1) is 0 Å². The van der Waals surface area contributed by atoms with Gasteiger partial charge in [-0.05, 0) is 50.0 Å². The molecule has 0 saturated heterocycles. The van der Waals surface area contributed by atoms with Crippen molar-refractivity contribution in [1.82, 2.24) is 5.32 Å². The summed E-state index contributed by atoms with van der Waals surface area (Å²) in [6.45, 7) is 10.6. The minimum atomic E-state index is 0.754. The summed E-state index contributed by atoms with van der Waals surface area (Å²) in [4.78, 5) is 0. The summed E-state index contributed by atoms with van der Waals surface area (Å²) in [6, 6.07) is 0.754. The zero-order valence-electron chi connectivity index (χ0n) is 13.2. The van der Waals surface area contributed by atoms with Gasteiger partial charge in [0.1, 0.15) is 0 Å². The van der Waals surface area contributed by atoms with Crippen LogP contribution in [0.3, 0.4) is 0 Å². The standard InChI is InChI=1S/C17H35N/c1-5-14(4)12-17(7-3)18-13-16-10-8-15(6-2)9-11-16/h14-18H,5-13H2,1-4H3. The molecule has 0 radical (unpaired) electrons. The molecule has 0 amide bonds. The van der Waals surface area contributed by atoms with Gasteiger partial charge in [-0.3, -0.25) is 0 Å². The van der Waals surface area contributed by atoms with E-state index in [2.05, 4.69) is 33.0 Å². The molecule has 18 heavy (non-hydrogen) atoms. The van der Waals surface area contributed by atoms with E-state index in [-0.39, 0.29) is 0 Å². The van der Waals surface area contributed by atoms with Crippen LogP contribution in [-0.2, 0) is 0 Å². The summed E-state index contributed by atoms with van der Waals surface area (Å²) in [6.07, 6.45) is 11.2. The Morgan fingerprint density at radius 3 is 2.06 bits per heavy atom. The van der Waals surface area contributed by atoms with E-state index >= 15 is 0 Å². The first kappa shape index (κ1) is 16.0. The van der Waals surface area contributed by atoms with Crippen LogP contribution in [0.2, 0.25) is 0 Å². The van der Waals surface area contributed by atoms with Crippen LogP contribution in [0.4, 0.5) is 0 Å². The second-order valence-corrected chi connectivity index (χ2v) is 6.56. The van der Waals surface area contributed by atoms with Crippen molar-refractivity contribution in [1.29, 1.82) is 0 Å². The fraction of sp³-hybridized carbons (Fsp3) is 1.00. The molecule has 1 saturated carbocycles. The summed E-state index contributed by atoms with van der Waals surface area (Å²) in [5.74, 6) is 2.86. The number of rotatable bonds is 8. The summed E-state index contributed by atoms with van der Waals surface area (Å²) in [7, 11) is 0. The summed E-state index contributed by atoms with van der Waals surface area (Å²) < 4.78 is 0. The first-order valence-corrected chi connectivity index (χ1v) is 8.42. The highest BCUT2D eigenvalue weighted by molar-refractivity contribution is 4.76. The normalized spacial score (nSPS) is 28.0. The Morgan fingerprint density at radius 1 is 0.944 bits per heavy atom. The third-order valence-corrected chi connectivity index (χ3v) is 5.12. The van der Waals surface area contributed by atoms with Crippen LogP contribution in [0.15, 0.2) is 0 Å². The molecule has 0 aromatic rings. The van der Waals surface area contributed by atoms with E-state index in [1.165, 1.54) is 57.9 Å². The van der Waals surface area contributed by atoms with Crippen LogP contribution in [0.25, 0.3) is 0 Å². The lowest BCUT2D eigenvalue weighted by Crippen LogP contribution is -2.35. The van der Waals surface area contributed by atoms with E-state index in [1.54, 1.807) is 0 Å². The maximum absolute atomic E-state index is 3.84. The Morgan fingerprint density at radius 2 is 1.56 bits per heavy atom. The van der Waals surface area contributed by atoms with Gasteiger partial charge in [-0.25, -0.2) is 0 Å². The third-order valence-electron chi connectivity index (χ3n) is 5.12. The highest BCUT2D eigenvalue weighted by Gasteiger charge is 2.20. The van der Waals surface area contributed by atoms with Gasteiger partial charge in [0.2, 0.25) is 0 Å². The quantitative estimate of drug-likeness (QED) is 0.641. The predicted octanol–water partition coefficient (Wildman–Crippen LogP) is 5.01. The van der Waals surface area contributed by atoms with Crippen LogP contribution in [0.1, 0.15) is 79.1 Å². The molecule has 0 spiro atoms. The Kier molecular flexibility index (Phi) is 7.97. The van der Waals surface area contributed by atoms with Crippen molar-refractivity contribution in [2.75, 3.05) is 6.54 Å². The van der Waals surface area contributed by atoms with Crippen LogP contribution >= 0.6 is 0 Å². The molecule has 1 aliphatic carbocycles. The Labute approximate surface area is 115 Å². The lowest BCUT2D eigenvalue weighted by atomic mass is 9.80. The molecule has 1 aliphatic rings. The molecule has 0 bridgehead atoms. The highest BCUT2D eigenvalue weighted by atomic mass is 14.9. The zero-order valence-corrected chi connectivity index (χ0v) is 13.2. The molecule has 0 heterocycles. The maximum atomic E-state index is 3.84. The molecule has 0 aromatic heterocycles. The van der Waals surface area contributed by atoms with E-state index in [4.69, 9.17) is 0 Å². The van der Waals surface area contributed by atoms with Gasteiger partial charge >= 0.3 is 0 Å². The van der Waals surface area contributed by atoms with Gasteiger partial charge < -0.3 is 5.32 Å². The molecular weight excluding hydrogens is 218 g/mol. The first-order valence-electron chi connectivity index (χ1n) is 8.42. The van der Waals surface area contributed by atoms with Gasteiger partial charge in [0.15, 0.2) is 0 Å². The Bertz CT molecular complexity index is 194. The van der Waals surface area contributed by atoms with Crippen molar-refractivity contribution in [3.05, 3.63) is 0 Å². The maximum Gasteiger partial charge on any atom is 0.00670 e. The van der Waals surface area contributed by atoms with Crippen molar-refractivity contribution in [2.24, 2.45) is 17.8 Å².